The van der Waals surface area contributed by atoms with Gasteiger partial charge >= 0.3 is 0 Å². The van der Waals surface area contributed by atoms with Gasteiger partial charge < -0.3 is 11.1 Å². The number of amides is 1. The summed E-state index contributed by atoms with van der Waals surface area (Å²) in [5.41, 5.74) is 6.24. The Bertz CT molecular complexity index is 243. The summed E-state index contributed by atoms with van der Waals surface area (Å²) in [6, 6.07) is 0. The molecular weight excluding hydrogens is 164 g/mol. The van der Waals surface area contributed by atoms with Crippen molar-refractivity contribution >= 4 is 5.91 Å². The maximum atomic E-state index is 10.7. The van der Waals surface area contributed by atoms with Crippen molar-refractivity contribution in [3.8, 4) is 0 Å². The first-order chi connectivity index (χ1) is 6.20. The number of primary amides is 1. The van der Waals surface area contributed by atoms with E-state index in [1.54, 1.807) is 0 Å². The van der Waals surface area contributed by atoms with Gasteiger partial charge in [-0.3, -0.25) is 4.79 Å². The fraction of sp³-hybridized carbons (Fsp3) is 0.500. The van der Waals surface area contributed by atoms with Gasteiger partial charge in [-0.25, -0.2) is 0 Å². The summed E-state index contributed by atoms with van der Waals surface area (Å²) >= 11 is 0. The Morgan fingerprint density at radius 3 is 3.15 bits per heavy atom. The van der Waals surface area contributed by atoms with Crippen LogP contribution in [-0.2, 0) is 4.79 Å². The molecule has 72 valence electrons. The van der Waals surface area contributed by atoms with E-state index in [2.05, 4.69) is 24.4 Å². The van der Waals surface area contributed by atoms with Crippen LogP contribution in [0, 0.1) is 5.92 Å². The van der Waals surface area contributed by atoms with Crippen molar-refractivity contribution in [2.24, 2.45) is 11.7 Å². The maximum absolute atomic E-state index is 10.7. The third-order valence-electron chi connectivity index (χ3n) is 2.19. The summed E-state index contributed by atoms with van der Waals surface area (Å²) in [7, 11) is 0. The minimum atomic E-state index is -0.260. The van der Waals surface area contributed by atoms with Crippen molar-refractivity contribution in [3.05, 3.63) is 23.9 Å². The summed E-state index contributed by atoms with van der Waals surface area (Å²) in [4.78, 5) is 10.7. The monoisotopic (exact) mass is 180 g/mol. The largest absolute Gasteiger partial charge is 0.387 e. The van der Waals surface area contributed by atoms with Crippen LogP contribution in [0.1, 0.15) is 19.8 Å². The average molecular weight is 180 g/mol. The Morgan fingerprint density at radius 2 is 2.46 bits per heavy atom. The van der Waals surface area contributed by atoms with E-state index in [0.29, 0.717) is 12.3 Å². The maximum Gasteiger partial charge on any atom is 0.221 e. The van der Waals surface area contributed by atoms with Crippen molar-refractivity contribution in [2.45, 2.75) is 19.8 Å². The second-order valence-electron chi connectivity index (χ2n) is 3.38. The van der Waals surface area contributed by atoms with Gasteiger partial charge in [0, 0.05) is 13.0 Å². The normalized spacial score (nSPS) is 29.0. The number of rotatable bonds is 2. The topological polar surface area (TPSA) is 55.1 Å². The molecule has 0 fully saturated rings. The molecule has 3 nitrogen and oxygen atoms in total. The van der Waals surface area contributed by atoms with Crippen LogP contribution in [0.5, 0.6) is 0 Å². The first-order valence-corrected chi connectivity index (χ1v) is 4.55. The van der Waals surface area contributed by atoms with E-state index >= 15 is 0 Å². The minimum absolute atomic E-state index is 0.260. The lowest BCUT2D eigenvalue weighted by molar-refractivity contribution is -0.117. The van der Waals surface area contributed by atoms with Gasteiger partial charge in [0.25, 0.3) is 0 Å². The smallest absolute Gasteiger partial charge is 0.221 e. The number of nitrogens with two attached hydrogens (primary N) is 1. The lowest BCUT2D eigenvalue weighted by Gasteiger charge is -2.15. The molecule has 3 heteroatoms. The zero-order chi connectivity index (χ0) is 9.68. The molecule has 0 aromatic rings. The van der Waals surface area contributed by atoms with Gasteiger partial charge in [0.15, 0.2) is 0 Å². The van der Waals surface area contributed by atoms with Gasteiger partial charge in [-0.1, -0.05) is 19.1 Å². The Hall–Kier alpha value is -1.25. The molecule has 0 spiro atoms. The summed E-state index contributed by atoms with van der Waals surface area (Å²) in [5.74, 6) is 0.140. The van der Waals surface area contributed by atoms with Gasteiger partial charge in [-0.2, -0.15) is 0 Å². The van der Waals surface area contributed by atoms with Gasteiger partial charge in [-0.15, -0.1) is 0 Å². The molecule has 0 aliphatic carbocycles. The van der Waals surface area contributed by atoms with E-state index in [4.69, 9.17) is 5.73 Å². The van der Waals surface area contributed by atoms with Crippen molar-refractivity contribution in [2.75, 3.05) is 6.54 Å². The standard InChI is InChI=1S/C10H16N2O/c1-8-4-2-3-5-12-7-9(8)6-10(11)13/h2-3,7-8,12H,4-6H2,1H3,(H2,11,13)/b3-2-,9-7-. The Balaban J connectivity index is 2.62. The number of carbonyl (C=O) groups excluding carboxylic acids is 1. The Kier molecular flexibility index (Phi) is 3.55. The van der Waals surface area contributed by atoms with E-state index in [1.807, 2.05) is 6.20 Å². The number of allylic oxidation sites excluding steroid dienone is 1. The summed E-state index contributed by atoms with van der Waals surface area (Å²) < 4.78 is 0. The van der Waals surface area contributed by atoms with Gasteiger partial charge in [0.2, 0.25) is 5.91 Å². The number of hydrogen-bond donors (Lipinski definition) is 2. The molecule has 3 N–H and O–H groups in total. The summed E-state index contributed by atoms with van der Waals surface area (Å²) in [6.45, 7) is 2.93. The number of hydrogen-bond acceptors (Lipinski definition) is 2. The quantitative estimate of drug-likeness (QED) is 0.621. The molecule has 0 aromatic carbocycles. The predicted octanol–water partition coefficient (Wildman–Crippen LogP) is 0.931. The average Bonchev–Trinajstić information content (AvgIpc) is 2.04. The van der Waals surface area contributed by atoms with Crippen LogP contribution in [0.3, 0.4) is 0 Å². The third-order valence-corrected chi connectivity index (χ3v) is 2.19. The van der Waals surface area contributed by atoms with Gasteiger partial charge in [0.1, 0.15) is 0 Å². The first-order valence-electron chi connectivity index (χ1n) is 4.55. The van der Waals surface area contributed by atoms with E-state index < -0.39 is 0 Å². The zero-order valence-electron chi connectivity index (χ0n) is 7.92. The molecule has 1 amide bonds. The highest BCUT2D eigenvalue weighted by Gasteiger charge is 2.10. The van der Waals surface area contributed by atoms with Crippen LogP contribution in [-0.4, -0.2) is 12.5 Å². The highest BCUT2D eigenvalue weighted by atomic mass is 16.1. The predicted molar refractivity (Wildman–Crippen MR) is 52.8 cm³/mol. The first kappa shape index (κ1) is 9.84. The molecule has 1 rings (SSSR count). The van der Waals surface area contributed by atoms with Gasteiger partial charge in [-0.05, 0) is 24.1 Å². The Morgan fingerprint density at radius 1 is 1.69 bits per heavy atom. The van der Waals surface area contributed by atoms with Crippen molar-refractivity contribution < 1.29 is 4.79 Å². The summed E-state index contributed by atoms with van der Waals surface area (Å²) in [6.07, 6.45) is 7.49. The number of carbonyl (C=O) groups is 1. The summed E-state index contributed by atoms with van der Waals surface area (Å²) in [5, 5.41) is 3.12. The van der Waals surface area contributed by atoms with Gasteiger partial charge in [0.05, 0.1) is 0 Å². The third kappa shape index (κ3) is 3.32. The van der Waals surface area contributed by atoms with Crippen LogP contribution in [0.25, 0.3) is 0 Å². The molecule has 0 radical (unpaired) electrons. The van der Waals surface area contributed by atoms with Crippen molar-refractivity contribution in [1.29, 1.82) is 0 Å². The molecule has 1 atom stereocenters. The van der Waals surface area contributed by atoms with E-state index in [1.165, 1.54) is 0 Å². The van der Waals surface area contributed by atoms with Crippen LogP contribution in [0.15, 0.2) is 23.9 Å². The lowest BCUT2D eigenvalue weighted by Crippen LogP contribution is -2.18. The fourth-order valence-electron chi connectivity index (χ4n) is 1.36. The lowest BCUT2D eigenvalue weighted by atomic mass is 9.94. The van der Waals surface area contributed by atoms with E-state index in [-0.39, 0.29) is 5.91 Å². The molecule has 0 aromatic heterocycles. The van der Waals surface area contributed by atoms with Crippen molar-refractivity contribution in [3.63, 3.8) is 0 Å². The van der Waals surface area contributed by atoms with Crippen LogP contribution >= 0.6 is 0 Å². The van der Waals surface area contributed by atoms with Crippen LogP contribution in [0.4, 0.5) is 0 Å². The SMILES string of the molecule is CC1C/C=C\CN/C=C\1CC(N)=O. The molecule has 1 aliphatic rings. The zero-order valence-corrected chi connectivity index (χ0v) is 7.92. The molecule has 13 heavy (non-hydrogen) atoms. The van der Waals surface area contributed by atoms with E-state index in [0.717, 1.165) is 18.5 Å². The molecular formula is C10H16N2O. The molecule has 0 saturated carbocycles. The van der Waals surface area contributed by atoms with Crippen LogP contribution in [0.2, 0.25) is 0 Å². The van der Waals surface area contributed by atoms with E-state index in [9.17, 15) is 4.79 Å². The molecule has 0 saturated heterocycles. The minimum Gasteiger partial charge on any atom is -0.387 e. The Labute approximate surface area is 78.7 Å². The highest BCUT2D eigenvalue weighted by Crippen LogP contribution is 2.18. The van der Waals surface area contributed by atoms with Crippen molar-refractivity contribution in [1.82, 2.24) is 5.32 Å². The molecule has 1 heterocycles. The highest BCUT2D eigenvalue weighted by molar-refractivity contribution is 5.76. The van der Waals surface area contributed by atoms with Crippen LogP contribution < -0.4 is 11.1 Å². The second kappa shape index (κ2) is 4.70. The molecule has 0 bridgehead atoms. The molecule has 1 unspecified atom stereocenters. The molecule has 1 aliphatic heterocycles. The fourth-order valence-corrected chi connectivity index (χ4v) is 1.36. The second-order valence-corrected chi connectivity index (χ2v) is 3.38. The number of nitrogens with one attached hydrogen (secondary N) is 1.